The van der Waals surface area contributed by atoms with Crippen molar-refractivity contribution in [2.24, 2.45) is 0 Å². The minimum absolute atomic E-state index is 0.439. The lowest BCUT2D eigenvalue weighted by molar-refractivity contribution is 0.471. The van der Waals surface area contributed by atoms with Crippen LogP contribution >= 0.6 is 0 Å². The standard InChI is InChI=1S/C49H36N2O/c1-49(2)46-39(35-19-7-4-8-20-35)23-15-26-42(46)51-41-25-13-14-27-44(41)52-45-31-30-43(47(49)48(45)51)50(37-29-28-33-16-9-10-21-36(33)32-37)40-24-12-11-22-38(40)34-17-5-3-6-18-34/h3-32H,1-2H3. The molecule has 52 heavy (non-hydrogen) atoms. The van der Waals surface area contributed by atoms with E-state index < -0.39 is 5.41 Å². The zero-order chi connectivity index (χ0) is 34.8. The number of para-hydroxylation sites is 3. The van der Waals surface area contributed by atoms with Crippen molar-refractivity contribution in [2.75, 3.05) is 9.80 Å². The smallest absolute Gasteiger partial charge is 0.152 e. The zero-order valence-corrected chi connectivity index (χ0v) is 29.1. The van der Waals surface area contributed by atoms with Gasteiger partial charge in [0, 0.05) is 22.2 Å². The lowest BCUT2D eigenvalue weighted by atomic mass is 9.69. The highest BCUT2D eigenvalue weighted by atomic mass is 16.5. The van der Waals surface area contributed by atoms with E-state index in [0.29, 0.717) is 0 Å². The van der Waals surface area contributed by atoms with Crippen LogP contribution in [0.4, 0.5) is 34.1 Å². The first-order valence-corrected chi connectivity index (χ1v) is 17.9. The van der Waals surface area contributed by atoms with Gasteiger partial charge in [-0.15, -0.1) is 0 Å². The predicted octanol–water partition coefficient (Wildman–Crippen LogP) is 13.9. The van der Waals surface area contributed by atoms with E-state index in [1.807, 2.05) is 0 Å². The molecule has 8 aromatic rings. The van der Waals surface area contributed by atoms with Crippen LogP contribution < -0.4 is 14.5 Å². The number of rotatable bonds is 5. The maximum absolute atomic E-state index is 6.78. The molecule has 0 fully saturated rings. The fraction of sp³-hybridized carbons (Fsp3) is 0.0612. The Kier molecular flexibility index (Phi) is 6.84. The molecular weight excluding hydrogens is 633 g/mol. The van der Waals surface area contributed by atoms with Gasteiger partial charge in [-0.3, -0.25) is 0 Å². The number of hydrogen-bond donors (Lipinski definition) is 0. The van der Waals surface area contributed by atoms with E-state index in [9.17, 15) is 0 Å². The highest BCUT2D eigenvalue weighted by Gasteiger charge is 2.45. The van der Waals surface area contributed by atoms with Crippen LogP contribution in [0.25, 0.3) is 33.0 Å². The molecule has 0 aliphatic carbocycles. The molecule has 2 aliphatic rings. The van der Waals surface area contributed by atoms with E-state index in [1.54, 1.807) is 0 Å². The van der Waals surface area contributed by atoms with Gasteiger partial charge in [-0.2, -0.15) is 0 Å². The Morgan fingerprint density at radius 2 is 1.10 bits per heavy atom. The van der Waals surface area contributed by atoms with Crippen LogP contribution in [0, 0.1) is 0 Å². The number of benzene rings is 8. The number of fused-ring (bicyclic) bond motifs is 5. The van der Waals surface area contributed by atoms with E-state index in [-0.39, 0.29) is 0 Å². The van der Waals surface area contributed by atoms with Crippen LogP contribution in [-0.2, 0) is 5.41 Å². The highest BCUT2D eigenvalue weighted by molar-refractivity contribution is 6.01. The SMILES string of the molecule is CC1(C)c2c(-c3ccccc3)cccc2N2c3ccccc3Oc3ccc(N(c4ccc5ccccc5c4)c4ccccc4-c4ccccc4)c1c32. The van der Waals surface area contributed by atoms with Gasteiger partial charge in [0.05, 0.1) is 28.4 Å². The van der Waals surface area contributed by atoms with E-state index in [4.69, 9.17) is 4.74 Å². The third-order valence-corrected chi connectivity index (χ3v) is 10.7. The largest absolute Gasteiger partial charge is 0.453 e. The molecule has 2 aliphatic heterocycles. The molecule has 0 radical (unpaired) electrons. The van der Waals surface area contributed by atoms with Crippen LogP contribution in [-0.4, -0.2) is 0 Å². The van der Waals surface area contributed by atoms with Gasteiger partial charge in [-0.1, -0.05) is 147 Å². The van der Waals surface area contributed by atoms with Crippen molar-refractivity contribution in [1.29, 1.82) is 0 Å². The third kappa shape index (κ3) is 4.59. The maximum atomic E-state index is 6.78. The molecule has 10 rings (SSSR count). The van der Waals surface area contributed by atoms with Gasteiger partial charge in [0.1, 0.15) is 0 Å². The van der Waals surface area contributed by atoms with E-state index in [2.05, 4.69) is 206 Å². The third-order valence-electron chi connectivity index (χ3n) is 10.7. The molecule has 0 saturated heterocycles. The molecule has 0 N–H and O–H groups in total. The summed E-state index contributed by atoms with van der Waals surface area (Å²) in [5.74, 6) is 1.71. The number of nitrogens with zero attached hydrogens (tertiary/aromatic N) is 2. The molecular formula is C49H36N2O. The molecule has 0 bridgehead atoms. The van der Waals surface area contributed by atoms with Gasteiger partial charge in [0.15, 0.2) is 11.5 Å². The van der Waals surface area contributed by atoms with Crippen molar-refractivity contribution < 1.29 is 4.74 Å². The Balaban J connectivity index is 1.32. The molecule has 0 spiro atoms. The number of anilines is 6. The van der Waals surface area contributed by atoms with Gasteiger partial charge in [-0.05, 0) is 81.6 Å². The quantitative estimate of drug-likeness (QED) is 0.182. The molecule has 8 aromatic carbocycles. The van der Waals surface area contributed by atoms with Crippen molar-refractivity contribution >= 4 is 44.9 Å². The van der Waals surface area contributed by atoms with Crippen LogP contribution in [0.3, 0.4) is 0 Å². The lowest BCUT2D eigenvalue weighted by Gasteiger charge is -2.47. The molecule has 0 saturated carbocycles. The van der Waals surface area contributed by atoms with Crippen molar-refractivity contribution in [3.8, 4) is 33.8 Å². The molecule has 0 unspecified atom stereocenters. The van der Waals surface area contributed by atoms with Crippen LogP contribution in [0.15, 0.2) is 182 Å². The Morgan fingerprint density at radius 1 is 0.462 bits per heavy atom. The van der Waals surface area contributed by atoms with E-state index >= 15 is 0 Å². The zero-order valence-electron chi connectivity index (χ0n) is 29.1. The minimum atomic E-state index is -0.439. The van der Waals surface area contributed by atoms with Crippen LogP contribution in [0.1, 0.15) is 25.0 Å². The second kappa shape index (κ2) is 11.8. The summed E-state index contributed by atoms with van der Waals surface area (Å²) in [6.07, 6.45) is 0. The first-order valence-electron chi connectivity index (χ1n) is 17.9. The maximum Gasteiger partial charge on any atom is 0.152 e. The minimum Gasteiger partial charge on any atom is -0.453 e. The normalized spacial score (nSPS) is 13.5. The molecule has 0 aromatic heterocycles. The Labute approximate surface area is 304 Å². The average molecular weight is 669 g/mol. The monoisotopic (exact) mass is 668 g/mol. The summed E-state index contributed by atoms with van der Waals surface area (Å²) in [4.78, 5) is 4.92. The van der Waals surface area contributed by atoms with E-state index in [0.717, 1.165) is 39.9 Å². The fourth-order valence-electron chi connectivity index (χ4n) is 8.51. The summed E-state index contributed by atoms with van der Waals surface area (Å²) in [7, 11) is 0. The summed E-state index contributed by atoms with van der Waals surface area (Å²) >= 11 is 0. The van der Waals surface area contributed by atoms with Gasteiger partial charge in [0.25, 0.3) is 0 Å². The first-order chi connectivity index (χ1) is 25.6. The van der Waals surface area contributed by atoms with Crippen molar-refractivity contribution in [2.45, 2.75) is 19.3 Å². The van der Waals surface area contributed by atoms with Crippen molar-refractivity contribution in [1.82, 2.24) is 0 Å². The summed E-state index contributed by atoms with van der Waals surface area (Å²) in [5, 5.41) is 2.41. The molecule has 0 atom stereocenters. The van der Waals surface area contributed by atoms with Crippen LogP contribution in [0.2, 0.25) is 0 Å². The second-order valence-corrected chi connectivity index (χ2v) is 14.2. The molecule has 0 amide bonds. The lowest BCUT2D eigenvalue weighted by Crippen LogP contribution is -2.34. The first kappa shape index (κ1) is 30.3. The Morgan fingerprint density at radius 3 is 1.90 bits per heavy atom. The summed E-state index contributed by atoms with van der Waals surface area (Å²) in [6, 6.07) is 65.4. The van der Waals surface area contributed by atoms with Gasteiger partial charge in [0.2, 0.25) is 0 Å². The molecule has 3 heteroatoms. The molecule has 3 nitrogen and oxygen atoms in total. The summed E-state index contributed by atoms with van der Waals surface area (Å²) in [6.45, 7) is 4.77. The van der Waals surface area contributed by atoms with Crippen molar-refractivity contribution in [3.63, 3.8) is 0 Å². The van der Waals surface area contributed by atoms with Gasteiger partial charge in [-0.25, -0.2) is 0 Å². The predicted molar refractivity (Wildman–Crippen MR) is 216 cm³/mol. The topological polar surface area (TPSA) is 15.7 Å². The van der Waals surface area contributed by atoms with Crippen molar-refractivity contribution in [3.05, 3.63) is 193 Å². The van der Waals surface area contributed by atoms with Gasteiger partial charge < -0.3 is 14.5 Å². The Bertz CT molecular complexity index is 2640. The van der Waals surface area contributed by atoms with Gasteiger partial charge >= 0.3 is 0 Å². The highest BCUT2D eigenvalue weighted by Crippen LogP contribution is 2.64. The summed E-state index contributed by atoms with van der Waals surface area (Å²) in [5.41, 5.74) is 13.5. The molecule has 2 heterocycles. The Hall–Kier alpha value is -6.58. The summed E-state index contributed by atoms with van der Waals surface area (Å²) < 4.78 is 6.78. The molecule has 248 valence electrons. The average Bonchev–Trinajstić information content (AvgIpc) is 3.20. The second-order valence-electron chi connectivity index (χ2n) is 14.2. The fourth-order valence-corrected chi connectivity index (χ4v) is 8.51. The number of hydrogen-bond acceptors (Lipinski definition) is 3. The number of ether oxygens (including phenoxy) is 1. The van der Waals surface area contributed by atoms with Crippen LogP contribution in [0.5, 0.6) is 11.5 Å². The van der Waals surface area contributed by atoms with E-state index in [1.165, 1.54) is 49.8 Å².